The zero-order valence-electron chi connectivity index (χ0n) is 11.0. The van der Waals surface area contributed by atoms with Crippen LogP contribution in [0.3, 0.4) is 0 Å². The molecule has 1 heterocycles. The van der Waals surface area contributed by atoms with Gasteiger partial charge in [0.05, 0.1) is 24.9 Å². The minimum atomic E-state index is -1.57. The molecule has 0 spiro atoms. The second kappa shape index (κ2) is 10.2. The van der Waals surface area contributed by atoms with E-state index < -0.39 is 64.0 Å². The van der Waals surface area contributed by atoms with Crippen molar-refractivity contribution in [2.45, 2.75) is 43.8 Å². The van der Waals surface area contributed by atoms with Gasteiger partial charge in [-0.25, -0.2) is 0 Å². The normalized spacial score (nSPS) is 29.2. The Hall–Kier alpha value is -0.516. The standard InChI is InChI=1S/C10H18NO7.Ni.H2O.O/c1-4(13)11-8-5(14)2-7(16)18-10(8)9(17)6(15)3-12;;;/h5-6,8-10,12,14-17H,2-3H2,1H3,(H,11,13);;1H2;/q-1;+1;;/p-1/t5-,6+,8+,9?,10+;;;/m0.../s1. The monoisotopic (exact) mass is 355 g/mol. The van der Waals surface area contributed by atoms with Crippen LogP contribution in [0.5, 0.6) is 0 Å². The van der Waals surface area contributed by atoms with E-state index in [9.17, 15) is 25.2 Å². The Morgan fingerprint density at radius 2 is 2.05 bits per heavy atom. The molecule has 1 unspecified atom stereocenters. The molecule has 1 saturated heterocycles. The number of ether oxygens (including phenoxy) is 1. The van der Waals surface area contributed by atoms with Crippen LogP contribution in [0.25, 0.3) is 0 Å². The van der Waals surface area contributed by atoms with Gasteiger partial charge < -0.3 is 35.6 Å². The van der Waals surface area contributed by atoms with E-state index in [2.05, 4.69) is 5.32 Å². The number of nitrogens with one attached hydrogen (secondary N) is 1. The molecule has 7 N–H and O–H groups in total. The number of carbonyl (C=O) groups excluding carboxylic acids is 1. The maximum atomic E-state index is 11.0. The van der Waals surface area contributed by atoms with E-state index in [4.69, 9.17) is 18.0 Å². The van der Waals surface area contributed by atoms with Crippen molar-refractivity contribution in [2.24, 2.45) is 0 Å². The topological polar surface area (TPSA) is 177 Å². The van der Waals surface area contributed by atoms with Crippen LogP contribution in [0.1, 0.15) is 13.3 Å². The molecule has 0 aliphatic carbocycles. The van der Waals surface area contributed by atoms with Crippen LogP contribution in [-0.2, 0) is 28.1 Å². The first kappa shape index (κ1) is 20.5. The minimum absolute atomic E-state index is 0.205. The van der Waals surface area contributed by atoms with E-state index in [1.165, 1.54) is 6.92 Å². The molecule has 1 rings (SSSR count). The Labute approximate surface area is 126 Å². The summed E-state index contributed by atoms with van der Waals surface area (Å²) in [7, 11) is 0. The summed E-state index contributed by atoms with van der Waals surface area (Å²) in [4.78, 5) is 11.0. The van der Waals surface area contributed by atoms with Gasteiger partial charge in [-0.3, -0.25) is 4.79 Å². The summed E-state index contributed by atoms with van der Waals surface area (Å²) in [6, 6.07) is -0.991. The first-order valence-electron chi connectivity index (χ1n) is 5.77. The SMILES string of the molecule is CC(=O)N[C@@H]1[C@@H](O)C[C-](O)O[C@H]1C(O)[C@H](O)CO.[O]=[Ni][OH]. The summed E-state index contributed by atoms with van der Waals surface area (Å²) in [6.45, 7) is 0.501. The zero-order valence-corrected chi connectivity index (χ0v) is 12.0. The van der Waals surface area contributed by atoms with Gasteiger partial charge in [0.1, 0.15) is 12.2 Å². The predicted octanol–water partition coefficient (Wildman–Crippen LogP) is -3.46. The molecule has 11 heteroatoms. The van der Waals surface area contributed by atoms with Crippen molar-refractivity contribution in [1.82, 2.24) is 5.32 Å². The van der Waals surface area contributed by atoms with Crippen LogP contribution in [0.2, 0.25) is 0 Å². The average Bonchev–Trinajstić information content (AvgIpc) is 2.40. The van der Waals surface area contributed by atoms with Crippen LogP contribution < -0.4 is 5.32 Å². The van der Waals surface area contributed by atoms with Gasteiger partial charge in [0.15, 0.2) is 0 Å². The Morgan fingerprint density at radius 1 is 1.52 bits per heavy atom. The van der Waals surface area contributed by atoms with Gasteiger partial charge in [0.2, 0.25) is 5.91 Å². The van der Waals surface area contributed by atoms with E-state index in [1.807, 2.05) is 0 Å². The fourth-order valence-electron chi connectivity index (χ4n) is 1.83. The molecule has 21 heavy (non-hydrogen) atoms. The second-order valence-electron chi connectivity index (χ2n) is 4.27. The summed E-state index contributed by atoms with van der Waals surface area (Å²) in [6.07, 6.45) is -6.19. The number of aliphatic hydroxyl groups is 5. The van der Waals surface area contributed by atoms with Gasteiger partial charge in [-0.1, -0.05) is 6.29 Å². The van der Waals surface area contributed by atoms with Crippen LogP contribution in [0, 0.1) is 6.29 Å². The van der Waals surface area contributed by atoms with Crippen molar-refractivity contribution in [3.63, 3.8) is 0 Å². The van der Waals surface area contributed by atoms with Crippen molar-refractivity contribution in [3.8, 4) is 0 Å². The number of amides is 1. The van der Waals surface area contributed by atoms with Crippen molar-refractivity contribution in [1.29, 1.82) is 0 Å². The Kier molecular flexibility index (Phi) is 10.00. The summed E-state index contributed by atoms with van der Waals surface area (Å²) in [5.74, 6) is -0.459. The fraction of sp³-hybridized carbons (Fsp3) is 0.800. The summed E-state index contributed by atoms with van der Waals surface area (Å²) < 4.78 is 20.3. The third kappa shape index (κ3) is 6.85. The number of carbonyl (C=O) groups is 1. The molecule has 0 aromatic heterocycles. The first-order chi connectivity index (χ1) is 9.78. The number of hydrogen-bond acceptors (Lipinski definition) is 8. The molecule has 0 saturated carbocycles. The van der Waals surface area contributed by atoms with Crippen molar-refractivity contribution >= 4 is 5.91 Å². The van der Waals surface area contributed by atoms with Gasteiger partial charge in [-0.15, -0.1) is 6.42 Å². The van der Waals surface area contributed by atoms with Crippen LogP contribution in [0.15, 0.2) is 0 Å². The van der Waals surface area contributed by atoms with Crippen molar-refractivity contribution in [2.75, 3.05) is 6.61 Å². The molecule has 1 aliphatic rings. The van der Waals surface area contributed by atoms with Crippen molar-refractivity contribution in [3.05, 3.63) is 6.29 Å². The van der Waals surface area contributed by atoms with Crippen molar-refractivity contribution < 1.29 is 57.9 Å². The van der Waals surface area contributed by atoms with Gasteiger partial charge >= 0.3 is 22.8 Å². The Morgan fingerprint density at radius 3 is 2.48 bits per heavy atom. The third-order valence-corrected chi connectivity index (χ3v) is 2.71. The van der Waals surface area contributed by atoms with Gasteiger partial charge in [0.25, 0.3) is 0 Å². The second-order valence-corrected chi connectivity index (χ2v) is 4.45. The third-order valence-electron chi connectivity index (χ3n) is 2.71. The number of rotatable bonds is 4. The molecule has 1 fully saturated rings. The number of aliphatic hydroxyl groups excluding tert-OH is 5. The molecule has 1 amide bonds. The van der Waals surface area contributed by atoms with Crippen LogP contribution in [0.4, 0.5) is 0 Å². The van der Waals surface area contributed by atoms with Crippen LogP contribution in [-0.4, -0.2) is 72.8 Å². The summed E-state index contributed by atoms with van der Waals surface area (Å²) in [5.41, 5.74) is 0. The maximum absolute atomic E-state index is 11.0. The molecule has 129 valence electrons. The van der Waals surface area contributed by atoms with E-state index in [0.29, 0.717) is 0 Å². The fourth-order valence-corrected chi connectivity index (χ4v) is 1.83. The predicted molar refractivity (Wildman–Crippen MR) is 60.3 cm³/mol. The molecule has 0 bridgehead atoms. The summed E-state index contributed by atoms with van der Waals surface area (Å²) in [5, 5.41) is 49.2. The van der Waals surface area contributed by atoms with Gasteiger partial charge in [-0.2, -0.15) is 0 Å². The zero-order chi connectivity index (χ0) is 16.6. The summed E-state index contributed by atoms with van der Waals surface area (Å²) >= 11 is -0.625. The molecule has 10 nitrogen and oxygen atoms in total. The van der Waals surface area contributed by atoms with E-state index in [0.717, 1.165) is 0 Å². The molecule has 0 aromatic rings. The van der Waals surface area contributed by atoms with Gasteiger partial charge in [0, 0.05) is 6.92 Å². The average molecular weight is 356 g/mol. The molecular weight excluding hydrogens is 337 g/mol. The molecule has 1 aliphatic heterocycles. The van der Waals surface area contributed by atoms with Gasteiger partial charge in [-0.05, 0) is 0 Å². The Bertz CT molecular complexity index is 332. The van der Waals surface area contributed by atoms with Crippen LogP contribution >= 0.6 is 0 Å². The molecule has 5 atom stereocenters. The van der Waals surface area contributed by atoms with E-state index >= 15 is 0 Å². The molecular formula is C10H19NNiO9-. The molecule has 0 aromatic carbocycles. The molecule has 0 radical (unpaired) electrons. The quantitative estimate of drug-likeness (QED) is 0.199. The van der Waals surface area contributed by atoms with E-state index in [-0.39, 0.29) is 6.42 Å². The Balaban J connectivity index is 0.00000122. The first-order valence-corrected chi connectivity index (χ1v) is 6.62. The number of hydrogen-bond donors (Lipinski definition) is 7. The van der Waals surface area contributed by atoms with E-state index in [1.54, 1.807) is 0 Å².